The molecular formula is C18H21ClO. The molecule has 2 aromatic carbocycles. The van der Waals surface area contributed by atoms with Crippen LogP contribution in [0.2, 0.25) is 0 Å². The smallest absolute Gasteiger partial charge is 0.130 e. The van der Waals surface area contributed by atoms with Gasteiger partial charge in [-0.25, -0.2) is 0 Å². The molecule has 0 heterocycles. The maximum absolute atomic E-state index is 5.93. The molecular weight excluding hydrogens is 268 g/mol. The molecule has 0 radical (unpaired) electrons. The van der Waals surface area contributed by atoms with Crippen molar-refractivity contribution in [2.75, 3.05) is 0 Å². The van der Waals surface area contributed by atoms with Gasteiger partial charge in [-0.3, -0.25) is 0 Å². The largest absolute Gasteiger partial charge is 0.457 e. The summed E-state index contributed by atoms with van der Waals surface area (Å²) < 4.78 is 5.93. The number of rotatable bonds is 6. The summed E-state index contributed by atoms with van der Waals surface area (Å²) in [4.78, 5) is 0. The van der Waals surface area contributed by atoms with Gasteiger partial charge in [-0.1, -0.05) is 37.6 Å². The Labute approximate surface area is 126 Å². The zero-order chi connectivity index (χ0) is 14.4. The summed E-state index contributed by atoms with van der Waals surface area (Å²) in [5, 5.41) is 0. The molecule has 0 bridgehead atoms. The zero-order valence-electron chi connectivity index (χ0n) is 12.2. The number of ether oxygens (including phenoxy) is 1. The van der Waals surface area contributed by atoms with Gasteiger partial charge >= 0.3 is 0 Å². The minimum absolute atomic E-state index is 0.535. The Hall–Kier alpha value is -1.47. The van der Waals surface area contributed by atoms with Gasteiger partial charge in [-0.2, -0.15) is 0 Å². The summed E-state index contributed by atoms with van der Waals surface area (Å²) in [5.74, 6) is 2.31. The molecule has 2 aromatic rings. The highest BCUT2D eigenvalue weighted by atomic mass is 35.5. The Morgan fingerprint density at radius 3 is 2.30 bits per heavy atom. The fourth-order valence-corrected chi connectivity index (χ4v) is 2.31. The van der Waals surface area contributed by atoms with Gasteiger partial charge < -0.3 is 4.74 Å². The molecule has 2 rings (SSSR count). The van der Waals surface area contributed by atoms with Gasteiger partial charge in [-0.05, 0) is 54.7 Å². The first-order valence-electron chi connectivity index (χ1n) is 7.15. The van der Waals surface area contributed by atoms with Crippen molar-refractivity contribution in [2.45, 2.75) is 39.0 Å². The third-order valence-corrected chi connectivity index (χ3v) is 3.67. The van der Waals surface area contributed by atoms with E-state index in [9.17, 15) is 0 Å². The number of hydrogen-bond acceptors (Lipinski definition) is 1. The lowest BCUT2D eigenvalue weighted by molar-refractivity contribution is 0.478. The van der Waals surface area contributed by atoms with Crippen molar-refractivity contribution in [1.29, 1.82) is 0 Å². The minimum Gasteiger partial charge on any atom is -0.457 e. The molecule has 0 N–H and O–H groups in total. The van der Waals surface area contributed by atoms with Crippen LogP contribution in [-0.4, -0.2) is 0 Å². The Morgan fingerprint density at radius 1 is 1.00 bits per heavy atom. The van der Waals surface area contributed by atoms with Crippen molar-refractivity contribution in [3.05, 3.63) is 59.2 Å². The normalized spacial score (nSPS) is 10.6. The van der Waals surface area contributed by atoms with Gasteiger partial charge in [0.1, 0.15) is 11.5 Å². The van der Waals surface area contributed by atoms with Crippen molar-refractivity contribution in [1.82, 2.24) is 0 Å². The highest BCUT2D eigenvalue weighted by molar-refractivity contribution is 6.17. The highest BCUT2D eigenvalue weighted by Gasteiger charge is 2.03. The summed E-state index contributed by atoms with van der Waals surface area (Å²) in [5.41, 5.74) is 3.60. The SMILES string of the molecule is CCCCc1ccc(Oc2ccc(CCl)cc2C)cc1. The number of hydrogen-bond donors (Lipinski definition) is 0. The predicted octanol–water partition coefficient (Wildman–Crippen LogP) is 5.87. The topological polar surface area (TPSA) is 9.23 Å². The van der Waals surface area contributed by atoms with Crippen LogP contribution in [0.3, 0.4) is 0 Å². The molecule has 0 aliphatic rings. The summed E-state index contributed by atoms with van der Waals surface area (Å²) >= 11 is 5.83. The van der Waals surface area contributed by atoms with Crippen LogP contribution in [0.1, 0.15) is 36.5 Å². The van der Waals surface area contributed by atoms with Crippen LogP contribution >= 0.6 is 11.6 Å². The van der Waals surface area contributed by atoms with E-state index in [0.717, 1.165) is 29.0 Å². The van der Waals surface area contributed by atoms with E-state index < -0.39 is 0 Å². The van der Waals surface area contributed by atoms with Crippen LogP contribution in [0, 0.1) is 6.92 Å². The van der Waals surface area contributed by atoms with E-state index >= 15 is 0 Å². The predicted molar refractivity (Wildman–Crippen MR) is 85.9 cm³/mol. The highest BCUT2D eigenvalue weighted by Crippen LogP contribution is 2.26. The second-order valence-corrected chi connectivity index (χ2v) is 5.35. The standard InChI is InChI=1S/C18H21ClO/c1-3-4-5-15-6-9-17(10-7-15)20-18-11-8-16(13-19)12-14(18)2/h6-12H,3-5,13H2,1-2H3. The maximum atomic E-state index is 5.93. The third-order valence-electron chi connectivity index (χ3n) is 3.36. The number of unbranched alkanes of at least 4 members (excludes halogenated alkanes) is 1. The lowest BCUT2D eigenvalue weighted by Crippen LogP contribution is -1.90. The van der Waals surface area contributed by atoms with E-state index in [1.165, 1.54) is 18.4 Å². The van der Waals surface area contributed by atoms with Crippen LogP contribution in [-0.2, 0) is 12.3 Å². The monoisotopic (exact) mass is 288 g/mol. The number of aryl methyl sites for hydroxylation is 2. The molecule has 0 saturated heterocycles. The van der Waals surface area contributed by atoms with Crippen LogP contribution in [0.4, 0.5) is 0 Å². The van der Waals surface area contributed by atoms with E-state index in [1.54, 1.807) is 0 Å². The molecule has 0 fully saturated rings. The molecule has 2 heteroatoms. The van der Waals surface area contributed by atoms with E-state index in [1.807, 2.05) is 31.2 Å². The lowest BCUT2D eigenvalue weighted by Gasteiger charge is -2.10. The van der Waals surface area contributed by atoms with Gasteiger partial charge in [0.15, 0.2) is 0 Å². The van der Waals surface area contributed by atoms with Crippen LogP contribution < -0.4 is 4.74 Å². The van der Waals surface area contributed by atoms with Crippen LogP contribution in [0.25, 0.3) is 0 Å². The molecule has 0 aromatic heterocycles. The van der Waals surface area contributed by atoms with Gasteiger partial charge in [0.2, 0.25) is 0 Å². The van der Waals surface area contributed by atoms with Crippen LogP contribution in [0.5, 0.6) is 11.5 Å². The molecule has 0 aliphatic carbocycles. The molecule has 20 heavy (non-hydrogen) atoms. The average molecular weight is 289 g/mol. The summed E-state index contributed by atoms with van der Waals surface area (Å²) in [6.07, 6.45) is 3.60. The van der Waals surface area contributed by atoms with Crippen molar-refractivity contribution in [3.63, 3.8) is 0 Å². The number of halogens is 1. The van der Waals surface area contributed by atoms with Crippen molar-refractivity contribution in [2.24, 2.45) is 0 Å². The number of alkyl halides is 1. The summed E-state index contributed by atoms with van der Waals surface area (Å²) in [6.45, 7) is 4.26. The molecule has 0 saturated carbocycles. The Kier molecular flexibility index (Phi) is 5.49. The quantitative estimate of drug-likeness (QED) is 0.604. The first-order valence-corrected chi connectivity index (χ1v) is 7.68. The van der Waals surface area contributed by atoms with Crippen molar-refractivity contribution >= 4 is 11.6 Å². The zero-order valence-corrected chi connectivity index (χ0v) is 12.9. The minimum atomic E-state index is 0.535. The van der Waals surface area contributed by atoms with Crippen LogP contribution in [0.15, 0.2) is 42.5 Å². The third kappa shape index (κ3) is 4.01. The second-order valence-electron chi connectivity index (χ2n) is 5.08. The molecule has 0 atom stereocenters. The lowest BCUT2D eigenvalue weighted by atomic mass is 10.1. The first-order chi connectivity index (χ1) is 9.72. The molecule has 106 valence electrons. The van der Waals surface area contributed by atoms with E-state index in [4.69, 9.17) is 16.3 Å². The molecule has 0 unspecified atom stereocenters. The van der Waals surface area contributed by atoms with Gasteiger partial charge in [0.05, 0.1) is 0 Å². The summed E-state index contributed by atoms with van der Waals surface area (Å²) in [6, 6.07) is 14.4. The number of benzene rings is 2. The van der Waals surface area contributed by atoms with Crippen molar-refractivity contribution < 1.29 is 4.74 Å². The first kappa shape index (κ1) is 14.9. The van der Waals surface area contributed by atoms with Gasteiger partial charge in [0.25, 0.3) is 0 Å². The fraction of sp³-hybridized carbons (Fsp3) is 0.333. The Bertz CT molecular complexity index is 546. The molecule has 0 amide bonds. The van der Waals surface area contributed by atoms with E-state index in [0.29, 0.717) is 5.88 Å². The molecule has 1 nitrogen and oxygen atoms in total. The molecule has 0 spiro atoms. The van der Waals surface area contributed by atoms with Gasteiger partial charge in [-0.15, -0.1) is 11.6 Å². The Balaban J connectivity index is 2.06. The molecule has 0 aliphatic heterocycles. The van der Waals surface area contributed by atoms with E-state index in [-0.39, 0.29) is 0 Å². The average Bonchev–Trinajstić information content (AvgIpc) is 2.48. The van der Waals surface area contributed by atoms with Crippen molar-refractivity contribution in [3.8, 4) is 11.5 Å². The van der Waals surface area contributed by atoms with Gasteiger partial charge in [0, 0.05) is 5.88 Å². The van der Waals surface area contributed by atoms with E-state index in [2.05, 4.69) is 25.1 Å². The fourth-order valence-electron chi connectivity index (χ4n) is 2.14. The maximum Gasteiger partial charge on any atom is 0.130 e. The second kappa shape index (κ2) is 7.35. The Morgan fingerprint density at radius 2 is 1.70 bits per heavy atom. The summed E-state index contributed by atoms with van der Waals surface area (Å²) in [7, 11) is 0.